The molecule has 0 aliphatic heterocycles. The Hall–Kier alpha value is -4.08. The molecule has 2 nitrogen and oxygen atoms in total. The molecular formula is C31H18N2S. The number of benzene rings is 5. The Morgan fingerprint density at radius 1 is 0.529 bits per heavy atom. The van der Waals surface area contributed by atoms with Crippen LogP contribution >= 0.6 is 11.3 Å². The molecule has 5 aromatic carbocycles. The number of para-hydroxylation sites is 2. The van der Waals surface area contributed by atoms with Crippen LogP contribution in [0.1, 0.15) is 0 Å². The van der Waals surface area contributed by atoms with Gasteiger partial charge in [0.1, 0.15) is 0 Å². The number of rotatable bonds is 0. The van der Waals surface area contributed by atoms with E-state index in [1.54, 1.807) is 0 Å². The highest BCUT2D eigenvalue weighted by Crippen LogP contribution is 2.47. The Balaban J connectivity index is 1.82. The van der Waals surface area contributed by atoms with E-state index in [4.69, 9.17) is 0 Å². The molecule has 4 aromatic heterocycles. The van der Waals surface area contributed by atoms with E-state index in [1.165, 1.54) is 80.1 Å². The molecule has 4 heterocycles. The van der Waals surface area contributed by atoms with E-state index in [2.05, 4.69) is 107 Å². The summed E-state index contributed by atoms with van der Waals surface area (Å²) in [6, 6.07) is 33.8. The van der Waals surface area contributed by atoms with E-state index in [1.807, 2.05) is 11.3 Å². The fourth-order valence-corrected chi connectivity index (χ4v) is 7.68. The standard InChI is InChI=1S/C31H18N2S/c1-32-24-14-7-10-19-21-12-6-11-20-17-8-2-4-13-23(17)33(29(20)21)30-28(27(19)24)25(32)16-22-18-9-3-5-15-26(18)34-31(22)30/h2-16H,1H3. The molecule has 34 heavy (non-hydrogen) atoms. The van der Waals surface area contributed by atoms with Gasteiger partial charge in [0.25, 0.3) is 0 Å². The average molecular weight is 451 g/mol. The zero-order chi connectivity index (χ0) is 22.1. The smallest absolute Gasteiger partial charge is 0.0741 e. The summed E-state index contributed by atoms with van der Waals surface area (Å²) in [5, 5.41) is 10.7. The predicted molar refractivity (Wildman–Crippen MR) is 148 cm³/mol. The van der Waals surface area contributed by atoms with Crippen molar-refractivity contribution in [3.05, 3.63) is 91.0 Å². The van der Waals surface area contributed by atoms with Crippen LogP contribution in [0, 0.1) is 0 Å². The molecule has 0 aliphatic carbocycles. The third kappa shape index (κ3) is 1.80. The van der Waals surface area contributed by atoms with Crippen molar-refractivity contribution in [1.29, 1.82) is 0 Å². The van der Waals surface area contributed by atoms with E-state index in [0.29, 0.717) is 0 Å². The Morgan fingerprint density at radius 3 is 2.12 bits per heavy atom. The summed E-state index contributed by atoms with van der Waals surface area (Å²) in [5.41, 5.74) is 6.53. The van der Waals surface area contributed by atoms with E-state index in [0.717, 1.165) is 0 Å². The van der Waals surface area contributed by atoms with Crippen LogP contribution in [0.15, 0.2) is 91.0 Å². The lowest BCUT2D eigenvalue weighted by atomic mass is 10.0. The fraction of sp³-hybridized carbons (Fsp3) is 0.0323. The van der Waals surface area contributed by atoms with Crippen LogP contribution in [0.5, 0.6) is 0 Å². The van der Waals surface area contributed by atoms with Crippen molar-refractivity contribution >= 4 is 91.4 Å². The minimum Gasteiger partial charge on any atom is -0.344 e. The maximum Gasteiger partial charge on any atom is 0.0741 e. The number of hydrogen-bond donors (Lipinski definition) is 0. The van der Waals surface area contributed by atoms with Crippen molar-refractivity contribution in [1.82, 2.24) is 8.97 Å². The number of aromatic nitrogens is 2. The molecule has 0 spiro atoms. The van der Waals surface area contributed by atoms with Crippen molar-refractivity contribution in [2.75, 3.05) is 0 Å². The monoisotopic (exact) mass is 450 g/mol. The molecule has 0 atom stereocenters. The Kier molecular flexibility index (Phi) is 2.91. The third-order valence-electron chi connectivity index (χ3n) is 7.85. The molecule has 0 aliphatic rings. The molecule has 0 N–H and O–H groups in total. The van der Waals surface area contributed by atoms with Gasteiger partial charge in [-0.25, -0.2) is 0 Å². The highest BCUT2D eigenvalue weighted by Gasteiger charge is 2.23. The topological polar surface area (TPSA) is 9.34 Å². The van der Waals surface area contributed by atoms with E-state index >= 15 is 0 Å². The lowest BCUT2D eigenvalue weighted by molar-refractivity contribution is 1.02. The Labute approximate surface area is 198 Å². The maximum atomic E-state index is 2.57. The molecule has 0 fully saturated rings. The zero-order valence-corrected chi connectivity index (χ0v) is 19.3. The van der Waals surface area contributed by atoms with Crippen molar-refractivity contribution in [3.63, 3.8) is 0 Å². The summed E-state index contributed by atoms with van der Waals surface area (Å²) in [5.74, 6) is 0. The second-order valence-corrected chi connectivity index (χ2v) is 10.5. The van der Waals surface area contributed by atoms with Crippen LogP contribution in [0.3, 0.4) is 0 Å². The van der Waals surface area contributed by atoms with Gasteiger partial charge >= 0.3 is 0 Å². The van der Waals surface area contributed by atoms with Gasteiger partial charge in [-0.3, -0.25) is 0 Å². The van der Waals surface area contributed by atoms with E-state index in [9.17, 15) is 0 Å². The predicted octanol–water partition coefficient (Wildman–Crippen LogP) is 8.85. The van der Waals surface area contributed by atoms with Crippen LogP contribution in [0.4, 0.5) is 0 Å². The first-order valence-electron chi connectivity index (χ1n) is 11.7. The molecule has 0 amide bonds. The highest BCUT2D eigenvalue weighted by molar-refractivity contribution is 7.26. The minimum absolute atomic E-state index is 1.28. The van der Waals surface area contributed by atoms with Gasteiger partial charge in [0.2, 0.25) is 0 Å². The second-order valence-electron chi connectivity index (χ2n) is 9.41. The molecule has 9 aromatic rings. The van der Waals surface area contributed by atoms with Gasteiger partial charge in [0, 0.05) is 55.0 Å². The van der Waals surface area contributed by atoms with Crippen molar-refractivity contribution < 1.29 is 0 Å². The number of fused-ring (bicyclic) bond motifs is 9. The first-order valence-corrected chi connectivity index (χ1v) is 12.5. The molecule has 0 unspecified atom stereocenters. The van der Waals surface area contributed by atoms with Gasteiger partial charge in [-0.15, -0.1) is 11.3 Å². The van der Waals surface area contributed by atoms with Crippen molar-refractivity contribution in [2.24, 2.45) is 7.05 Å². The van der Waals surface area contributed by atoms with Gasteiger partial charge in [-0.05, 0) is 29.7 Å². The van der Waals surface area contributed by atoms with Crippen molar-refractivity contribution in [2.45, 2.75) is 0 Å². The van der Waals surface area contributed by atoms with Gasteiger partial charge < -0.3 is 8.97 Å². The number of aryl methyl sites for hydroxylation is 1. The quantitative estimate of drug-likeness (QED) is 0.218. The summed E-state index contributed by atoms with van der Waals surface area (Å²) in [6.07, 6.45) is 0. The van der Waals surface area contributed by atoms with E-state index in [-0.39, 0.29) is 0 Å². The first kappa shape index (κ1) is 17.4. The first-order chi connectivity index (χ1) is 16.8. The van der Waals surface area contributed by atoms with Gasteiger partial charge in [-0.1, -0.05) is 66.7 Å². The minimum atomic E-state index is 1.28. The SMILES string of the molecule is Cn1c2cccc3c4cccc5c6ccccc6n(c45)c4c5sc6ccccc6c5cc1c4c32. The van der Waals surface area contributed by atoms with Crippen LogP contribution in [-0.4, -0.2) is 8.97 Å². The number of nitrogens with zero attached hydrogens (tertiary/aromatic N) is 2. The lowest BCUT2D eigenvalue weighted by Crippen LogP contribution is -1.89. The molecule has 0 bridgehead atoms. The van der Waals surface area contributed by atoms with Gasteiger partial charge in [0.05, 0.1) is 26.8 Å². The largest absolute Gasteiger partial charge is 0.344 e. The van der Waals surface area contributed by atoms with E-state index < -0.39 is 0 Å². The molecule has 9 rings (SSSR count). The van der Waals surface area contributed by atoms with Gasteiger partial charge in [-0.2, -0.15) is 0 Å². The third-order valence-corrected chi connectivity index (χ3v) is 9.04. The van der Waals surface area contributed by atoms with Crippen molar-refractivity contribution in [3.8, 4) is 0 Å². The summed E-state index contributed by atoms with van der Waals surface area (Å²) in [7, 11) is 2.22. The van der Waals surface area contributed by atoms with Crippen LogP contribution in [0.25, 0.3) is 80.1 Å². The fourth-order valence-electron chi connectivity index (χ4n) is 6.46. The average Bonchev–Trinajstić information content (AvgIpc) is 3.48. The Bertz CT molecular complexity index is 2290. The lowest BCUT2D eigenvalue weighted by Gasteiger charge is -2.05. The van der Waals surface area contributed by atoms with Gasteiger partial charge in [0.15, 0.2) is 0 Å². The summed E-state index contributed by atoms with van der Waals surface area (Å²) < 4.78 is 7.68. The van der Waals surface area contributed by atoms with Crippen LogP contribution in [0.2, 0.25) is 0 Å². The van der Waals surface area contributed by atoms with Crippen LogP contribution in [-0.2, 0) is 7.05 Å². The summed E-state index contributed by atoms with van der Waals surface area (Å²) in [4.78, 5) is 0. The normalized spacial score (nSPS) is 12.9. The van der Waals surface area contributed by atoms with Crippen LogP contribution < -0.4 is 0 Å². The molecule has 3 heteroatoms. The zero-order valence-electron chi connectivity index (χ0n) is 18.5. The molecule has 158 valence electrons. The maximum absolute atomic E-state index is 2.57. The number of thiophene rings is 1. The number of hydrogen-bond acceptors (Lipinski definition) is 1. The molecule has 0 radical (unpaired) electrons. The summed E-state index contributed by atoms with van der Waals surface area (Å²) >= 11 is 1.92. The molecule has 0 saturated carbocycles. The highest BCUT2D eigenvalue weighted by atomic mass is 32.1. The molecular weight excluding hydrogens is 432 g/mol. The second kappa shape index (κ2) is 5.69. The Morgan fingerprint density at radius 2 is 1.21 bits per heavy atom. The summed E-state index contributed by atoms with van der Waals surface area (Å²) in [6.45, 7) is 0. The molecule has 0 saturated heterocycles.